The van der Waals surface area contributed by atoms with E-state index in [1.807, 2.05) is 48.6 Å². The molecule has 4 nitrogen and oxygen atoms in total. The van der Waals surface area contributed by atoms with Crippen LogP contribution < -0.4 is 9.64 Å². The van der Waals surface area contributed by atoms with Gasteiger partial charge >= 0.3 is 0 Å². The lowest BCUT2D eigenvalue weighted by molar-refractivity contribution is -0.113. The quantitative estimate of drug-likeness (QED) is 0.583. The first kappa shape index (κ1) is 18.8. The molecule has 1 aliphatic heterocycles. The highest BCUT2D eigenvalue weighted by molar-refractivity contribution is 6.30. The van der Waals surface area contributed by atoms with E-state index in [4.69, 9.17) is 16.3 Å². The zero-order valence-corrected chi connectivity index (χ0v) is 16.4. The predicted octanol–water partition coefficient (Wildman–Crippen LogP) is 5.53. The molecule has 0 fully saturated rings. The fraction of sp³-hybridized carbons (Fsp3) is 0.0417. The second-order valence-electron chi connectivity index (χ2n) is 6.57. The molecular formula is C24H18ClNO3. The van der Waals surface area contributed by atoms with Crippen LogP contribution in [0, 0.1) is 0 Å². The molecule has 29 heavy (non-hydrogen) atoms. The van der Waals surface area contributed by atoms with Crippen molar-refractivity contribution in [1.82, 2.24) is 0 Å². The molecule has 0 unspecified atom stereocenters. The van der Waals surface area contributed by atoms with E-state index in [-0.39, 0.29) is 11.7 Å². The van der Waals surface area contributed by atoms with Gasteiger partial charge in [0.2, 0.25) is 0 Å². The maximum atomic E-state index is 13.3. The Balaban J connectivity index is 1.80. The van der Waals surface area contributed by atoms with Crippen molar-refractivity contribution >= 4 is 35.0 Å². The number of carbonyl (C=O) groups excluding carboxylic acids is 1. The summed E-state index contributed by atoms with van der Waals surface area (Å²) in [5.41, 5.74) is 3.60. The molecule has 3 aromatic rings. The van der Waals surface area contributed by atoms with Crippen LogP contribution in [0.5, 0.6) is 11.5 Å². The monoisotopic (exact) mass is 403 g/mol. The second-order valence-corrected chi connectivity index (χ2v) is 7.01. The van der Waals surface area contributed by atoms with Crippen molar-refractivity contribution in [3.63, 3.8) is 0 Å². The molecule has 0 spiro atoms. The van der Waals surface area contributed by atoms with Crippen molar-refractivity contribution in [3.05, 3.63) is 101 Å². The molecule has 4 rings (SSSR count). The van der Waals surface area contributed by atoms with Gasteiger partial charge in [-0.25, -0.2) is 0 Å². The van der Waals surface area contributed by atoms with Crippen LogP contribution in [0.2, 0.25) is 5.02 Å². The van der Waals surface area contributed by atoms with Gasteiger partial charge < -0.3 is 9.84 Å². The summed E-state index contributed by atoms with van der Waals surface area (Å²) in [6, 6.07) is 21.4. The van der Waals surface area contributed by atoms with Crippen LogP contribution in [0.1, 0.15) is 11.1 Å². The van der Waals surface area contributed by atoms with Gasteiger partial charge in [-0.05, 0) is 59.7 Å². The largest absolute Gasteiger partial charge is 0.508 e. The fourth-order valence-electron chi connectivity index (χ4n) is 3.22. The minimum absolute atomic E-state index is 0.0957. The normalized spacial score (nSPS) is 15.0. The van der Waals surface area contributed by atoms with E-state index < -0.39 is 0 Å². The van der Waals surface area contributed by atoms with Crippen LogP contribution in [0.25, 0.3) is 11.8 Å². The van der Waals surface area contributed by atoms with Crippen LogP contribution in [-0.2, 0) is 4.79 Å². The zero-order chi connectivity index (χ0) is 20.4. The summed E-state index contributed by atoms with van der Waals surface area (Å²) in [5.74, 6) is 0.679. The van der Waals surface area contributed by atoms with Gasteiger partial charge in [-0.15, -0.1) is 0 Å². The number of ether oxygens (including phenoxy) is 1. The number of halogens is 1. The first-order chi connectivity index (χ1) is 14.0. The first-order valence-electron chi connectivity index (χ1n) is 9.02. The van der Waals surface area contributed by atoms with Crippen molar-refractivity contribution in [2.24, 2.45) is 0 Å². The van der Waals surface area contributed by atoms with Gasteiger partial charge in [0, 0.05) is 16.7 Å². The van der Waals surface area contributed by atoms with E-state index >= 15 is 0 Å². The number of benzene rings is 3. The van der Waals surface area contributed by atoms with E-state index in [0.717, 1.165) is 22.6 Å². The Morgan fingerprint density at radius 1 is 1.00 bits per heavy atom. The number of phenolic OH excluding ortho intramolecular Hbond substituents is 1. The maximum absolute atomic E-state index is 13.3. The summed E-state index contributed by atoms with van der Waals surface area (Å²) in [7, 11) is 1.61. The Hall–Kier alpha value is -3.50. The van der Waals surface area contributed by atoms with Gasteiger partial charge in [-0.1, -0.05) is 41.9 Å². The second kappa shape index (κ2) is 7.86. The minimum Gasteiger partial charge on any atom is -0.508 e. The highest BCUT2D eigenvalue weighted by atomic mass is 35.5. The van der Waals surface area contributed by atoms with Crippen LogP contribution >= 0.6 is 11.6 Å². The summed E-state index contributed by atoms with van der Waals surface area (Å²) in [6.45, 7) is 0. The van der Waals surface area contributed by atoms with Gasteiger partial charge in [0.1, 0.15) is 11.5 Å². The Bertz CT molecular complexity index is 1120. The Labute approximate surface area is 173 Å². The molecule has 1 amide bonds. The van der Waals surface area contributed by atoms with Gasteiger partial charge in [-0.2, -0.15) is 0 Å². The SMILES string of the molecule is COc1ccc(/C=C2/C=C(c3ccc(Cl)cc3)N(c3cccc(O)c3)C2=O)cc1. The number of rotatable bonds is 4. The Morgan fingerprint density at radius 2 is 1.72 bits per heavy atom. The average molecular weight is 404 g/mol. The third-order valence-electron chi connectivity index (χ3n) is 4.65. The van der Waals surface area contributed by atoms with Crippen molar-refractivity contribution in [1.29, 1.82) is 0 Å². The number of nitrogens with zero attached hydrogens (tertiary/aromatic N) is 1. The third-order valence-corrected chi connectivity index (χ3v) is 4.90. The minimum atomic E-state index is -0.170. The summed E-state index contributed by atoms with van der Waals surface area (Å²) >= 11 is 6.03. The van der Waals surface area contributed by atoms with Gasteiger partial charge in [0.15, 0.2) is 0 Å². The maximum Gasteiger partial charge on any atom is 0.262 e. The van der Waals surface area contributed by atoms with Crippen molar-refractivity contribution in [3.8, 4) is 11.5 Å². The Kier molecular flexibility index (Phi) is 5.10. The van der Waals surface area contributed by atoms with Crippen LogP contribution in [0.3, 0.4) is 0 Å². The molecule has 0 aliphatic carbocycles. The van der Waals surface area contributed by atoms with E-state index in [2.05, 4.69) is 0 Å². The number of methoxy groups -OCH3 is 1. The number of amides is 1. The highest BCUT2D eigenvalue weighted by Gasteiger charge is 2.30. The zero-order valence-electron chi connectivity index (χ0n) is 15.7. The molecule has 1 N–H and O–H groups in total. The summed E-state index contributed by atoms with van der Waals surface area (Å²) in [6.07, 6.45) is 3.68. The molecule has 0 bridgehead atoms. The van der Waals surface area contributed by atoms with Gasteiger partial charge in [0.05, 0.1) is 18.5 Å². The number of anilines is 1. The molecule has 1 aliphatic rings. The Morgan fingerprint density at radius 3 is 2.38 bits per heavy atom. The molecule has 5 heteroatoms. The fourth-order valence-corrected chi connectivity index (χ4v) is 3.34. The van der Waals surface area contributed by atoms with Crippen molar-refractivity contribution in [2.75, 3.05) is 12.0 Å². The number of aromatic hydroxyl groups is 1. The predicted molar refractivity (Wildman–Crippen MR) is 116 cm³/mol. The van der Waals surface area contributed by atoms with Crippen LogP contribution in [0.4, 0.5) is 5.69 Å². The van der Waals surface area contributed by atoms with E-state index in [9.17, 15) is 9.90 Å². The molecule has 0 radical (unpaired) electrons. The molecule has 3 aromatic carbocycles. The topological polar surface area (TPSA) is 49.8 Å². The third kappa shape index (κ3) is 3.89. The molecule has 0 saturated carbocycles. The average Bonchev–Trinajstić information content (AvgIpc) is 3.05. The molecule has 144 valence electrons. The lowest BCUT2D eigenvalue weighted by atomic mass is 10.1. The lowest BCUT2D eigenvalue weighted by Crippen LogP contribution is -2.24. The van der Waals surface area contributed by atoms with E-state index in [1.165, 1.54) is 0 Å². The standard InChI is InChI=1S/C24H18ClNO3/c1-29-22-11-5-16(6-12-22)13-18-14-23(17-7-9-19(25)10-8-17)26(24(18)28)20-3-2-4-21(27)15-20/h2-15,27H,1H3/b18-13-. The molecule has 0 saturated heterocycles. The number of carbonyl (C=O) groups is 1. The lowest BCUT2D eigenvalue weighted by Gasteiger charge is -2.21. The molecule has 1 heterocycles. The van der Waals surface area contributed by atoms with Gasteiger partial charge in [0.25, 0.3) is 5.91 Å². The van der Waals surface area contributed by atoms with Crippen molar-refractivity contribution in [2.45, 2.75) is 0 Å². The summed E-state index contributed by atoms with van der Waals surface area (Å²) in [5, 5.41) is 10.5. The van der Waals surface area contributed by atoms with Gasteiger partial charge in [-0.3, -0.25) is 9.69 Å². The van der Waals surface area contributed by atoms with E-state index in [0.29, 0.717) is 16.3 Å². The molecule has 0 aromatic heterocycles. The summed E-state index contributed by atoms with van der Waals surface area (Å²) in [4.78, 5) is 14.9. The number of phenols is 1. The highest BCUT2D eigenvalue weighted by Crippen LogP contribution is 2.36. The van der Waals surface area contributed by atoms with Crippen LogP contribution in [0.15, 0.2) is 84.4 Å². The van der Waals surface area contributed by atoms with E-state index in [1.54, 1.807) is 48.4 Å². The van der Waals surface area contributed by atoms with Crippen LogP contribution in [-0.4, -0.2) is 18.1 Å². The first-order valence-corrected chi connectivity index (χ1v) is 9.40. The number of hydrogen-bond donors (Lipinski definition) is 1. The molecule has 0 atom stereocenters. The van der Waals surface area contributed by atoms with Crippen molar-refractivity contribution < 1.29 is 14.6 Å². The summed E-state index contributed by atoms with van der Waals surface area (Å²) < 4.78 is 5.19. The number of hydrogen-bond acceptors (Lipinski definition) is 3. The smallest absolute Gasteiger partial charge is 0.262 e. The molecular weight excluding hydrogens is 386 g/mol.